The van der Waals surface area contributed by atoms with Crippen molar-refractivity contribution in [1.82, 2.24) is 0 Å². The third-order valence-electron chi connectivity index (χ3n) is 3.75. The Bertz CT molecular complexity index is 578. The van der Waals surface area contributed by atoms with Crippen molar-refractivity contribution >= 4 is 45.5 Å². The number of aliphatic carboxylic acids is 2. The van der Waals surface area contributed by atoms with Crippen LogP contribution < -0.4 is 10.2 Å². The van der Waals surface area contributed by atoms with E-state index in [-0.39, 0.29) is 25.7 Å². The lowest BCUT2D eigenvalue weighted by atomic mass is 10.2. The summed E-state index contributed by atoms with van der Waals surface area (Å²) in [5.41, 5.74) is 0. The molecule has 2 unspecified atom stereocenters. The number of rotatable bonds is 17. The SMILES string of the molecule is C[N+](C)(C)CC(CC(=O)[O-])OC(=O)CCSSCCC(=O)OC(CC(=O)[O-])C[N+](C)(C)C. The van der Waals surface area contributed by atoms with Crippen molar-refractivity contribution in [3.05, 3.63) is 0 Å². The van der Waals surface area contributed by atoms with Crippen molar-refractivity contribution in [2.24, 2.45) is 0 Å². The molecular weight excluding hydrogens is 460 g/mol. The summed E-state index contributed by atoms with van der Waals surface area (Å²) < 4.78 is 11.4. The highest BCUT2D eigenvalue weighted by Crippen LogP contribution is 2.23. The van der Waals surface area contributed by atoms with Gasteiger partial charge in [-0.05, 0) is 0 Å². The van der Waals surface area contributed by atoms with E-state index in [0.29, 0.717) is 33.6 Å². The number of carbonyl (C=O) groups is 4. The normalized spacial score (nSPS) is 13.8. The monoisotopic (exact) mass is 496 g/mol. The molecular formula is C20H36N2O8S2. The molecule has 32 heavy (non-hydrogen) atoms. The summed E-state index contributed by atoms with van der Waals surface area (Å²) in [6.45, 7) is 0.716. The zero-order valence-electron chi connectivity index (χ0n) is 19.8. The van der Waals surface area contributed by atoms with Gasteiger partial charge in [0.2, 0.25) is 0 Å². The van der Waals surface area contributed by atoms with Crippen LogP contribution in [0.1, 0.15) is 25.7 Å². The second kappa shape index (κ2) is 14.6. The lowest BCUT2D eigenvalue weighted by molar-refractivity contribution is -0.873. The first-order valence-electron chi connectivity index (χ1n) is 10.2. The molecule has 0 fully saturated rings. The maximum Gasteiger partial charge on any atom is 0.307 e. The van der Waals surface area contributed by atoms with Crippen LogP contribution in [0.5, 0.6) is 0 Å². The number of carbonyl (C=O) groups excluding carboxylic acids is 4. The molecule has 0 aromatic heterocycles. The quantitative estimate of drug-likeness (QED) is 0.103. The van der Waals surface area contributed by atoms with Gasteiger partial charge in [0.05, 0.1) is 55.1 Å². The van der Waals surface area contributed by atoms with Gasteiger partial charge in [0.25, 0.3) is 0 Å². The molecule has 12 heteroatoms. The zero-order chi connectivity index (χ0) is 24.9. The van der Waals surface area contributed by atoms with Crippen LogP contribution in [0, 0.1) is 0 Å². The van der Waals surface area contributed by atoms with Gasteiger partial charge in [-0.2, -0.15) is 0 Å². The van der Waals surface area contributed by atoms with E-state index in [2.05, 4.69) is 0 Å². The number of quaternary nitrogens is 2. The molecule has 0 saturated carbocycles. The van der Waals surface area contributed by atoms with Crippen LogP contribution in [0.25, 0.3) is 0 Å². The summed E-state index contributed by atoms with van der Waals surface area (Å²) in [7, 11) is 14.0. The van der Waals surface area contributed by atoms with Gasteiger partial charge in [0.15, 0.2) is 12.2 Å². The first kappa shape index (κ1) is 30.5. The topological polar surface area (TPSA) is 133 Å². The molecule has 0 aliphatic heterocycles. The summed E-state index contributed by atoms with van der Waals surface area (Å²) in [5, 5.41) is 21.7. The van der Waals surface area contributed by atoms with Crippen LogP contribution in [-0.2, 0) is 28.7 Å². The molecule has 0 N–H and O–H groups in total. The number of carboxylic acid groups (broad SMARTS) is 2. The molecule has 10 nitrogen and oxygen atoms in total. The Morgan fingerprint density at radius 1 is 0.688 bits per heavy atom. The van der Waals surface area contributed by atoms with Crippen molar-refractivity contribution in [3.8, 4) is 0 Å². The van der Waals surface area contributed by atoms with Gasteiger partial charge >= 0.3 is 11.9 Å². The average Bonchev–Trinajstić information content (AvgIpc) is 2.53. The first-order valence-corrected chi connectivity index (χ1v) is 12.7. The van der Waals surface area contributed by atoms with E-state index >= 15 is 0 Å². The number of ether oxygens (including phenoxy) is 2. The van der Waals surface area contributed by atoms with Crippen LogP contribution in [0.2, 0.25) is 0 Å². The lowest BCUT2D eigenvalue weighted by Gasteiger charge is -2.29. The number of likely N-dealkylation sites (N-methyl/N-ethyl adjacent to an activating group) is 2. The molecule has 0 aliphatic carbocycles. The van der Waals surface area contributed by atoms with Gasteiger partial charge in [0, 0.05) is 36.3 Å². The third kappa shape index (κ3) is 19.2. The summed E-state index contributed by atoms with van der Waals surface area (Å²) in [6, 6.07) is 0. The number of hydrogen-bond donors (Lipinski definition) is 0. The minimum absolute atomic E-state index is 0.111. The van der Waals surface area contributed by atoms with Crippen molar-refractivity contribution in [2.75, 3.05) is 66.9 Å². The fourth-order valence-corrected chi connectivity index (χ4v) is 4.68. The van der Waals surface area contributed by atoms with Gasteiger partial charge in [-0.1, -0.05) is 21.6 Å². The minimum Gasteiger partial charge on any atom is -0.550 e. The highest BCUT2D eigenvalue weighted by Gasteiger charge is 2.23. The highest BCUT2D eigenvalue weighted by atomic mass is 33.1. The van der Waals surface area contributed by atoms with Crippen molar-refractivity contribution in [3.63, 3.8) is 0 Å². The fourth-order valence-electron chi connectivity index (χ4n) is 2.74. The summed E-state index contributed by atoms with van der Waals surface area (Å²) in [4.78, 5) is 45.7. The molecule has 0 aromatic rings. The molecule has 0 amide bonds. The van der Waals surface area contributed by atoms with Gasteiger partial charge < -0.3 is 38.2 Å². The maximum atomic E-state index is 12.0. The van der Waals surface area contributed by atoms with E-state index in [9.17, 15) is 29.4 Å². The van der Waals surface area contributed by atoms with Crippen molar-refractivity contribution in [1.29, 1.82) is 0 Å². The van der Waals surface area contributed by atoms with E-state index in [0.717, 1.165) is 0 Å². The zero-order valence-corrected chi connectivity index (χ0v) is 21.4. The van der Waals surface area contributed by atoms with E-state index < -0.39 is 36.1 Å². The van der Waals surface area contributed by atoms with Crippen LogP contribution >= 0.6 is 21.6 Å². The predicted octanol–water partition coefficient (Wildman–Crippen LogP) is -1.34. The van der Waals surface area contributed by atoms with E-state index in [1.165, 1.54) is 21.6 Å². The average molecular weight is 497 g/mol. The standard InChI is InChI=1S/C20H36N2O8S2/c1-21(2,3)13-15(11-17(23)24)29-19(27)7-9-31-32-10-8-20(28)30-16(12-18(25)26)14-22(4,5)6/h15-16H,7-14H2,1-6H3. The van der Waals surface area contributed by atoms with Gasteiger partial charge in [-0.15, -0.1) is 0 Å². The third-order valence-corrected chi connectivity index (χ3v) is 6.16. The fraction of sp³-hybridized carbons (Fsp3) is 0.800. The smallest absolute Gasteiger partial charge is 0.307 e. The van der Waals surface area contributed by atoms with E-state index in [1.807, 2.05) is 42.3 Å². The Morgan fingerprint density at radius 2 is 1.00 bits per heavy atom. The Morgan fingerprint density at radius 3 is 1.25 bits per heavy atom. The van der Waals surface area contributed by atoms with Gasteiger partial charge in [0.1, 0.15) is 13.1 Å². The molecule has 0 bridgehead atoms. The molecule has 186 valence electrons. The Hall–Kier alpha value is -1.50. The molecule has 0 aromatic carbocycles. The molecule has 0 rings (SSSR count). The van der Waals surface area contributed by atoms with Crippen LogP contribution in [0.4, 0.5) is 0 Å². The minimum atomic E-state index is -1.27. The predicted molar refractivity (Wildman–Crippen MR) is 119 cm³/mol. The molecule has 0 saturated heterocycles. The number of nitrogens with zero attached hydrogens (tertiary/aromatic N) is 2. The van der Waals surface area contributed by atoms with Crippen molar-refractivity contribution in [2.45, 2.75) is 37.9 Å². The summed E-state index contributed by atoms with van der Waals surface area (Å²) in [6.07, 6.45) is -1.97. The molecule has 0 radical (unpaired) electrons. The Kier molecular flexibility index (Phi) is 13.9. The molecule has 0 heterocycles. The Labute approximate surface area is 198 Å². The number of hydrogen-bond acceptors (Lipinski definition) is 10. The first-order chi connectivity index (χ1) is 14.6. The summed E-state index contributed by atoms with van der Waals surface area (Å²) in [5.74, 6) is -2.62. The largest absolute Gasteiger partial charge is 0.550 e. The second-order valence-electron chi connectivity index (χ2n) is 9.47. The summed E-state index contributed by atoms with van der Waals surface area (Å²) >= 11 is 0. The van der Waals surface area contributed by atoms with Crippen molar-refractivity contribution < 1.29 is 47.8 Å². The van der Waals surface area contributed by atoms with E-state index in [4.69, 9.17) is 9.47 Å². The van der Waals surface area contributed by atoms with Gasteiger partial charge in [-0.25, -0.2) is 0 Å². The van der Waals surface area contributed by atoms with Crippen LogP contribution in [-0.4, -0.2) is 112 Å². The van der Waals surface area contributed by atoms with Crippen LogP contribution in [0.3, 0.4) is 0 Å². The molecule has 0 aliphatic rings. The van der Waals surface area contributed by atoms with Gasteiger partial charge in [-0.3, -0.25) is 9.59 Å². The lowest BCUT2D eigenvalue weighted by Crippen LogP contribution is -2.45. The number of esters is 2. The maximum absolute atomic E-state index is 12.0. The number of carboxylic acids is 2. The highest BCUT2D eigenvalue weighted by molar-refractivity contribution is 8.76. The molecule has 2 atom stereocenters. The van der Waals surface area contributed by atoms with Crippen LogP contribution in [0.15, 0.2) is 0 Å². The Balaban J connectivity index is 4.20. The molecule has 0 spiro atoms. The van der Waals surface area contributed by atoms with E-state index in [1.54, 1.807) is 0 Å². The second-order valence-corrected chi connectivity index (χ2v) is 12.2.